The number of carbonyl (C=O) groups excluding carboxylic acids is 2. The van der Waals surface area contributed by atoms with E-state index in [1.165, 1.54) is 11.1 Å². The van der Waals surface area contributed by atoms with E-state index >= 15 is 0 Å². The van der Waals surface area contributed by atoms with E-state index in [1.54, 1.807) is 42.3 Å². The predicted molar refractivity (Wildman–Crippen MR) is 112 cm³/mol. The van der Waals surface area contributed by atoms with E-state index in [2.05, 4.69) is 17.1 Å². The Morgan fingerprint density at radius 2 is 2.00 bits per heavy atom. The summed E-state index contributed by atoms with van der Waals surface area (Å²) in [5.74, 6) is -0.748. The molecule has 0 radical (unpaired) electrons. The standard InChI is InChI=1S/C23H21ClN2O3/c1-26(20-8-4-6-15-5-2-3-7-18(15)20)22(27)14-29-23(28)17-9-11-19-16(13-17)10-12-21(24)25-19/h2-3,5,7,9-13,20H,4,6,8,14H2,1H3. The van der Waals surface area contributed by atoms with Gasteiger partial charge in [-0.2, -0.15) is 0 Å². The number of likely N-dealkylation sites (N-methyl/N-ethyl adjacent to an activating group) is 1. The smallest absolute Gasteiger partial charge is 0.338 e. The maximum absolute atomic E-state index is 12.7. The van der Waals surface area contributed by atoms with E-state index < -0.39 is 5.97 Å². The molecule has 1 atom stereocenters. The minimum atomic E-state index is -0.535. The van der Waals surface area contributed by atoms with Gasteiger partial charge in [0.15, 0.2) is 6.61 Å². The van der Waals surface area contributed by atoms with Crippen molar-refractivity contribution in [3.8, 4) is 0 Å². The average molecular weight is 409 g/mol. The quantitative estimate of drug-likeness (QED) is 0.468. The van der Waals surface area contributed by atoms with Crippen LogP contribution >= 0.6 is 11.6 Å². The summed E-state index contributed by atoms with van der Waals surface area (Å²) >= 11 is 5.89. The molecule has 0 saturated heterocycles. The molecule has 1 aliphatic rings. The van der Waals surface area contributed by atoms with Crippen LogP contribution in [0.25, 0.3) is 10.9 Å². The summed E-state index contributed by atoms with van der Waals surface area (Å²) in [5.41, 5.74) is 3.53. The number of fused-ring (bicyclic) bond motifs is 2. The first-order chi connectivity index (χ1) is 14.0. The van der Waals surface area contributed by atoms with Crippen molar-refractivity contribution in [2.75, 3.05) is 13.7 Å². The monoisotopic (exact) mass is 408 g/mol. The maximum Gasteiger partial charge on any atom is 0.338 e. The van der Waals surface area contributed by atoms with Crippen molar-refractivity contribution in [3.05, 3.63) is 76.4 Å². The lowest BCUT2D eigenvalue weighted by molar-refractivity contribution is -0.135. The summed E-state index contributed by atoms with van der Waals surface area (Å²) in [7, 11) is 1.77. The van der Waals surface area contributed by atoms with E-state index in [1.807, 2.05) is 12.1 Å². The zero-order chi connectivity index (χ0) is 20.4. The van der Waals surface area contributed by atoms with Crippen LogP contribution in [0.4, 0.5) is 0 Å². The van der Waals surface area contributed by atoms with Crippen LogP contribution in [0.2, 0.25) is 5.15 Å². The third-order valence-corrected chi connectivity index (χ3v) is 5.63. The lowest BCUT2D eigenvalue weighted by Crippen LogP contribution is -2.36. The van der Waals surface area contributed by atoms with Crippen molar-refractivity contribution < 1.29 is 14.3 Å². The van der Waals surface area contributed by atoms with Crippen molar-refractivity contribution >= 4 is 34.4 Å². The Morgan fingerprint density at radius 1 is 1.17 bits per heavy atom. The number of rotatable bonds is 4. The van der Waals surface area contributed by atoms with Gasteiger partial charge < -0.3 is 9.64 Å². The third kappa shape index (κ3) is 4.10. The first-order valence-electron chi connectivity index (χ1n) is 9.60. The van der Waals surface area contributed by atoms with Crippen molar-refractivity contribution in [1.29, 1.82) is 0 Å². The van der Waals surface area contributed by atoms with Crippen LogP contribution in [0.5, 0.6) is 0 Å². The normalized spacial score (nSPS) is 15.6. The highest BCUT2D eigenvalue weighted by atomic mass is 35.5. The van der Waals surface area contributed by atoms with Crippen molar-refractivity contribution in [3.63, 3.8) is 0 Å². The molecular formula is C23H21ClN2O3. The lowest BCUT2D eigenvalue weighted by atomic mass is 9.87. The fraction of sp³-hybridized carbons (Fsp3) is 0.261. The number of hydrogen-bond donors (Lipinski definition) is 0. The summed E-state index contributed by atoms with van der Waals surface area (Å²) in [5, 5.41) is 1.18. The number of halogens is 1. The molecule has 3 aromatic rings. The van der Waals surface area contributed by atoms with Crippen LogP contribution in [0.3, 0.4) is 0 Å². The van der Waals surface area contributed by atoms with Crippen LogP contribution in [-0.2, 0) is 16.0 Å². The maximum atomic E-state index is 12.7. The average Bonchev–Trinajstić information content (AvgIpc) is 2.75. The lowest BCUT2D eigenvalue weighted by Gasteiger charge is -2.33. The molecule has 5 nitrogen and oxygen atoms in total. The Kier molecular flexibility index (Phi) is 5.49. The number of nitrogens with zero attached hydrogens (tertiary/aromatic N) is 2. The Balaban J connectivity index is 1.42. The van der Waals surface area contributed by atoms with E-state index in [-0.39, 0.29) is 18.6 Å². The molecule has 2 aromatic carbocycles. The van der Waals surface area contributed by atoms with Crippen LogP contribution in [0, 0.1) is 0 Å². The number of hydrogen-bond acceptors (Lipinski definition) is 4. The molecule has 148 valence electrons. The van der Waals surface area contributed by atoms with Crippen LogP contribution in [0.1, 0.15) is 40.4 Å². The largest absolute Gasteiger partial charge is 0.452 e. The minimum absolute atomic E-state index is 0.0163. The van der Waals surface area contributed by atoms with Crippen LogP contribution in [-0.4, -0.2) is 35.4 Å². The molecule has 0 N–H and O–H groups in total. The highest BCUT2D eigenvalue weighted by Gasteiger charge is 2.27. The van der Waals surface area contributed by atoms with Gasteiger partial charge in [-0.25, -0.2) is 9.78 Å². The topological polar surface area (TPSA) is 59.5 Å². The summed E-state index contributed by atoms with van der Waals surface area (Å²) in [6, 6.07) is 16.7. The number of benzene rings is 2. The third-order valence-electron chi connectivity index (χ3n) is 5.42. The Labute approximate surface area is 174 Å². The first-order valence-corrected chi connectivity index (χ1v) is 9.97. The molecule has 29 heavy (non-hydrogen) atoms. The fourth-order valence-corrected chi connectivity index (χ4v) is 4.00. The highest BCUT2D eigenvalue weighted by Crippen LogP contribution is 2.33. The Morgan fingerprint density at radius 3 is 2.86 bits per heavy atom. The zero-order valence-corrected chi connectivity index (χ0v) is 16.9. The van der Waals surface area contributed by atoms with Gasteiger partial charge in [0, 0.05) is 12.4 Å². The van der Waals surface area contributed by atoms with E-state index in [4.69, 9.17) is 16.3 Å². The second-order valence-corrected chi connectivity index (χ2v) is 7.62. The van der Waals surface area contributed by atoms with E-state index in [9.17, 15) is 9.59 Å². The van der Waals surface area contributed by atoms with Gasteiger partial charge in [0.05, 0.1) is 17.1 Å². The SMILES string of the molecule is CN(C(=O)COC(=O)c1ccc2nc(Cl)ccc2c1)C1CCCc2ccccc21. The number of carbonyl (C=O) groups is 2. The molecule has 1 heterocycles. The number of aromatic nitrogens is 1. The second kappa shape index (κ2) is 8.21. The molecule has 0 spiro atoms. The van der Waals surface area contributed by atoms with E-state index in [0.29, 0.717) is 16.2 Å². The fourth-order valence-electron chi connectivity index (χ4n) is 3.84. The molecular weight excluding hydrogens is 388 g/mol. The van der Waals surface area contributed by atoms with Crippen molar-refractivity contribution in [1.82, 2.24) is 9.88 Å². The zero-order valence-electron chi connectivity index (χ0n) is 16.1. The number of amides is 1. The minimum Gasteiger partial charge on any atom is -0.452 e. The molecule has 1 aliphatic carbocycles. The van der Waals surface area contributed by atoms with Gasteiger partial charge in [-0.1, -0.05) is 35.9 Å². The molecule has 1 unspecified atom stereocenters. The van der Waals surface area contributed by atoms with Crippen molar-refractivity contribution in [2.24, 2.45) is 0 Å². The van der Waals surface area contributed by atoms with Gasteiger partial charge in [0.1, 0.15) is 5.15 Å². The van der Waals surface area contributed by atoms with Gasteiger partial charge in [-0.15, -0.1) is 0 Å². The van der Waals surface area contributed by atoms with Gasteiger partial charge >= 0.3 is 5.97 Å². The van der Waals surface area contributed by atoms with Gasteiger partial charge in [-0.05, 0) is 60.7 Å². The van der Waals surface area contributed by atoms with Gasteiger partial charge in [0.25, 0.3) is 5.91 Å². The molecule has 0 saturated carbocycles. The predicted octanol–water partition coefficient (Wildman–Crippen LogP) is 4.58. The molecule has 6 heteroatoms. The summed E-state index contributed by atoms with van der Waals surface area (Å²) in [6.45, 7) is -0.287. The Hall–Kier alpha value is -2.92. The van der Waals surface area contributed by atoms with Gasteiger partial charge in [0.2, 0.25) is 0 Å². The molecule has 1 aromatic heterocycles. The molecule has 4 rings (SSSR count). The van der Waals surface area contributed by atoms with Gasteiger partial charge in [-0.3, -0.25) is 4.79 Å². The highest BCUT2D eigenvalue weighted by molar-refractivity contribution is 6.29. The number of pyridine rings is 1. The Bertz CT molecular complexity index is 1080. The molecule has 0 bridgehead atoms. The number of esters is 1. The first kappa shape index (κ1) is 19.4. The number of ether oxygens (including phenoxy) is 1. The van der Waals surface area contributed by atoms with E-state index in [0.717, 1.165) is 24.6 Å². The van der Waals surface area contributed by atoms with Crippen LogP contribution < -0.4 is 0 Å². The summed E-state index contributed by atoms with van der Waals surface area (Å²) < 4.78 is 5.29. The second-order valence-electron chi connectivity index (χ2n) is 7.23. The summed E-state index contributed by atoms with van der Waals surface area (Å²) in [4.78, 5) is 31.0. The molecule has 1 amide bonds. The molecule has 0 aliphatic heterocycles. The summed E-state index contributed by atoms with van der Waals surface area (Å²) in [6.07, 6.45) is 2.98. The molecule has 0 fully saturated rings. The number of aryl methyl sites for hydroxylation is 1. The van der Waals surface area contributed by atoms with Crippen LogP contribution in [0.15, 0.2) is 54.6 Å². The van der Waals surface area contributed by atoms with Crippen molar-refractivity contribution in [2.45, 2.75) is 25.3 Å².